The molecule has 2 aliphatic heterocycles. The van der Waals surface area contributed by atoms with Gasteiger partial charge in [0.25, 0.3) is 0 Å². The Balaban J connectivity index is 1.48. The predicted octanol–water partition coefficient (Wildman–Crippen LogP) is 3.62. The number of benzene rings is 1. The lowest BCUT2D eigenvalue weighted by Crippen LogP contribution is -2.78. The molecule has 6 atom stereocenters. The summed E-state index contributed by atoms with van der Waals surface area (Å²) in [6.07, 6.45) is 3.10. The fourth-order valence-electron chi connectivity index (χ4n) is 7.87. The molecule has 0 amide bonds. The number of carbonyl (C=O) groups is 2. The number of piperidine rings is 1. The minimum absolute atomic E-state index is 0.0810. The number of hydrogen-bond donors (Lipinski definition) is 2. The SMILES string of the molecule is CO[C@@]12CCC(NC(CCC(=O)OC(C)(C)C)C(=O)OC(C)(C)C)[C@@H]3Oc4c(O)ccc5c4[C@@]31CCN(C)C2C5. The molecular formula is C31H46N2O7. The third-order valence-corrected chi connectivity index (χ3v) is 9.22. The van der Waals surface area contributed by atoms with E-state index in [9.17, 15) is 14.7 Å². The summed E-state index contributed by atoms with van der Waals surface area (Å²) in [6.45, 7) is 11.9. The molecule has 1 saturated heterocycles. The van der Waals surface area contributed by atoms with Gasteiger partial charge in [-0.1, -0.05) is 6.07 Å². The molecule has 1 aromatic rings. The second-order valence-corrected chi connectivity index (χ2v) is 14.0. The molecule has 1 spiro atoms. The van der Waals surface area contributed by atoms with E-state index in [0.717, 1.165) is 31.4 Å². The van der Waals surface area contributed by atoms with E-state index in [-0.39, 0.29) is 42.7 Å². The summed E-state index contributed by atoms with van der Waals surface area (Å²) in [6, 6.07) is 2.98. The van der Waals surface area contributed by atoms with Gasteiger partial charge in [-0.2, -0.15) is 0 Å². The molecule has 2 N–H and O–H groups in total. The molecule has 2 bridgehead atoms. The normalized spacial score (nSPS) is 31.6. The highest BCUT2D eigenvalue weighted by Gasteiger charge is 2.73. The first-order valence-electron chi connectivity index (χ1n) is 14.6. The molecule has 1 saturated carbocycles. The first-order valence-corrected chi connectivity index (χ1v) is 14.6. The number of carbonyl (C=O) groups excluding carboxylic acids is 2. The predicted molar refractivity (Wildman–Crippen MR) is 150 cm³/mol. The molecule has 2 heterocycles. The zero-order valence-corrected chi connectivity index (χ0v) is 25.3. The largest absolute Gasteiger partial charge is 0.504 e. The maximum Gasteiger partial charge on any atom is 0.323 e. The summed E-state index contributed by atoms with van der Waals surface area (Å²) in [4.78, 5) is 28.4. The molecule has 0 radical (unpaired) electrons. The van der Waals surface area contributed by atoms with Crippen LogP contribution in [0, 0.1) is 0 Å². The number of esters is 2. The van der Waals surface area contributed by atoms with Crippen LogP contribution in [0.3, 0.4) is 0 Å². The van der Waals surface area contributed by atoms with Crippen molar-refractivity contribution in [1.29, 1.82) is 0 Å². The third kappa shape index (κ3) is 4.68. The van der Waals surface area contributed by atoms with Gasteiger partial charge < -0.3 is 29.0 Å². The number of ether oxygens (including phenoxy) is 4. The van der Waals surface area contributed by atoms with E-state index < -0.39 is 34.2 Å². The van der Waals surface area contributed by atoms with Crippen molar-refractivity contribution in [2.45, 2.75) is 127 Å². The van der Waals surface area contributed by atoms with E-state index in [1.165, 1.54) is 5.56 Å². The Morgan fingerprint density at radius 3 is 2.50 bits per heavy atom. The van der Waals surface area contributed by atoms with Gasteiger partial charge in [0.1, 0.15) is 23.3 Å². The van der Waals surface area contributed by atoms with Crippen LogP contribution < -0.4 is 10.1 Å². The summed E-state index contributed by atoms with van der Waals surface area (Å²) in [5, 5.41) is 14.5. The number of hydrogen-bond acceptors (Lipinski definition) is 9. The molecule has 2 aliphatic carbocycles. The van der Waals surface area contributed by atoms with Crippen molar-refractivity contribution in [1.82, 2.24) is 10.2 Å². The van der Waals surface area contributed by atoms with Gasteiger partial charge in [-0.3, -0.25) is 14.9 Å². The second-order valence-electron chi connectivity index (χ2n) is 14.0. The topological polar surface area (TPSA) is 107 Å². The van der Waals surface area contributed by atoms with Crippen molar-refractivity contribution in [2.75, 3.05) is 20.7 Å². The summed E-state index contributed by atoms with van der Waals surface area (Å²) >= 11 is 0. The maximum absolute atomic E-state index is 13.5. The molecule has 9 nitrogen and oxygen atoms in total. The number of methoxy groups -OCH3 is 1. The second kappa shape index (κ2) is 9.88. The number of likely N-dealkylation sites (N-methyl/N-ethyl adjacent to an activating group) is 1. The number of phenolic OH excluding ortho intramolecular Hbond substituents is 1. The first-order chi connectivity index (χ1) is 18.6. The standard InChI is InChI=1S/C31H46N2O7/c1-28(2,3)39-23(35)12-10-20(27(36)40-29(4,5)6)32-19-13-14-31(37-8)22-17-18-9-11-21(34)25-24(18)30(31,26(19)38-25)15-16-33(22)7/h9,11,19-20,22,26,32,34H,10,12-17H2,1-8H3/t19?,20?,22?,26-,30-,31+/m0/s1. The Hall–Kier alpha value is -2.36. The van der Waals surface area contributed by atoms with Crippen molar-refractivity contribution in [3.8, 4) is 11.5 Å². The summed E-state index contributed by atoms with van der Waals surface area (Å²) in [5.74, 6) is -0.0745. The minimum Gasteiger partial charge on any atom is -0.504 e. The van der Waals surface area contributed by atoms with E-state index in [2.05, 4.69) is 17.3 Å². The van der Waals surface area contributed by atoms with E-state index in [1.807, 2.05) is 47.6 Å². The van der Waals surface area contributed by atoms with Crippen LogP contribution in [0.1, 0.15) is 84.8 Å². The smallest absolute Gasteiger partial charge is 0.323 e. The Kier molecular flexibility index (Phi) is 7.20. The van der Waals surface area contributed by atoms with Crippen LogP contribution in [-0.4, -0.2) is 83.7 Å². The zero-order chi connectivity index (χ0) is 29.3. The first kappa shape index (κ1) is 29.1. The minimum atomic E-state index is -0.728. The van der Waals surface area contributed by atoms with Gasteiger partial charge in [0.05, 0.1) is 11.0 Å². The third-order valence-electron chi connectivity index (χ3n) is 9.22. The lowest BCUT2D eigenvalue weighted by atomic mass is 9.48. The summed E-state index contributed by atoms with van der Waals surface area (Å²) in [5.41, 5.74) is 0.0244. The Labute approximate surface area is 237 Å². The fourth-order valence-corrected chi connectivity index (χ4v) is 7.87. The molecule has 222 valence electrons. The fraction of sp³-hybridized carbons (Fsp3) is 0.742. The number of nitrogens with zero attached hydrogens (tertiary/aromatic N) is 1. The van der Waals surface area contributed by atoms with Crippen LogP contribution in [0.4, 0.5) is 0 Å². The van der Waals surface area contributed by atoms with Gasteiger partial charge in [0.15, 0.2) is 11.5 Å². The number of rotatable bonds is 7. The van der Waals surface area contributed by atoms with Crippen molar-refractivity contribution in [3.05, 3.63) is 23.3 Å². The maximum atomic E-state index is 13.5. The monoisotopic (exact) mass is 558 g/mol. The van der Waals surface area contributed by atoms with Gasteiger partial charge in [0.2, 0.25) is 0 Å². The summed E-state index contributed by atoms with van der Waals surface area (Å²) in [7, 11) is 3.96. The van der Waals surface area contributed by atoms with Gasteiger partial charge in [-0.05, 0) is 98.9 Å². The quantitative estimate of drug-likeness (QED) is 0.485. The molecule has 3 unspecified atom stereocenters. The van der Waals surface area contributed by atoms with Crippen molar-refractivity contribution >= 4 is 11.9 Å². The number of aromatic hydroxyl groups is 1. The molecule has 5 rings (SSSR count). The van der Waals surface area contributed by atoms with E-state index >= 15 is 0 Å². The molecule has 40 heavy (non-hydrogen) atoms. The van der Waals surface area contributed by atoms with Crippen LogP contribution in [0.2, 0.25) is 0 Å². The lowest BCUT2D eigenvalue weighted by Gasteiger charge is -2.65. The lowest BCUT2D eigenvalue weighted by molar-refractivity contribution is -0.204. The number of nitrogens with one attached hydrogen (secondary N) is 1. The average molecular weight is 559 g/mol. The highest BCUT2D eigenvalue weighted by atomic mass is 16.6. The molecular weight excluding hydrogens is 512 g/mol. The highest BCUT2D eigenvalue weighted by molar-refractivity contribution is 5.78. The Morgan fingerprint density at radius 2 is 1.85 bits per heavy atom. The zero-order valence-electron chi connectivity index (χ0n) is 25.3. The van der Waals surface area contributed by atoms with Crippen molar-refractivity contribution < 1.29 is 33.6 Å². The Bertz CT molecular complexity index is 1170. The molecule has 2 fully saturated rings. The van der Waals surface area contributed by atoms with Crippen LogP contribution >= 0.6 is 0 Å². The van der Waals surface area contributed by atoms with Crippen LogP contribution in [0.5, 0.6) is 11.5 Å². The van der Waals surface area contributed by atoms with Gasteiger partial charge in [-0.15, -0.1) is 0 Å². The van der Waals surface area contributed by atoms with Gasteiger partial charge in [-0.25, -0.2) is 0 Å². The van der Waals surface area contributed by atoms with E-state index in [1.54, 1.807) is 13.2 Å². The van der Waals surface area contributed by atoms with Gasteiger partial charge >= 0.3 is 11.9 Å². The molecule has 1 aromatic carbocycles. The highest BCUT2D eigenvalue weighted by Crippen LogP contribution is 2.66. The van der Waals surface area contributed by atoms with Crippen molar-refractivity contribution in [3.63, 3.8) is 0 Å². The Morgan fingerprint density at radius 1 is 1.15 bits per heavy atom. The van der Waals surface area contributed by atoms with Crippen molar-refractivity contribution in [2.24, 2.45) is 0 Å². The number of phenols is 1. The number of likely N-dealkylation sites (tertiary alicyclic amines) is 1. The van der Waals surface area contributed by atoms with Crippen LogP contribution in [-0.2, 0) is 35.6 Å². The van der Waals surface area contributed by atoms with Gasteiger partial charge in [0, 0.05) is 31.2 Å². The van der Waals surface area contributed by atoms with Crippen LogP contribution in [0.15, 0.2) is 12.1 Å². The average Bonchev–Trinajstić information content (AvgIpc) is 3.20. The molecule has 9 heteroatoms. The van der Waals surface area contributed by atoms with E-state index in [0.29, 0.717) is 12.2 Å². The van der Waals surface area contributed by atoms with E-state index in [4.69, 9.17) is 18.9 Å². The molecule has 4 aliphatic rings. The van der Waals surface area contributed by atoms with Crippen LogP contribution in [0.25, 0.3) is 0 Å². The molecule has 0 aromatic heterocycles. The summed E-state index contributed by atoms with van der Waals surface area (Å²) < 4.78 is 24.5.